The normalized spacial score (nSPS) is 11.4. The average Bonchev–Trinajstić information content (AvgIpc) is 3.37. The first-order chi connectivity index (χ1) is 21.6. The lowest BCUT2D eigenvalue weighted by atomic mass is 10.1. The number of rotatable bonds is 12. The van der Waals surface area contributed by atoms with Crippen LogP contribution in [0, 0.1) is 22.5 Å². The Balaban J connectivity index is 2.02. The Morgan fingerprint density at radius 2 is 1.78 bits per heavy atom. The number of fused-ring (bicyclic) bond motifs is 1. The first kappa shape index (κ1) is 33.1. The maximum absolute atomic E-state index is 14.8. The third-order valence-electron chi connectivity index (χ3n) is 6.75. The minimum Gasteiger partial charge on any atom is -0.383 e. The van der Waals surface area contributed by atoms with E-state index in [4.69, 9.17) is 15.6 Å². The zero-order valence-corrected chi connectivity index (χ0v) is 25.5. The van der Waals surface area contributed by atoms with Gasteiger partial charge in [0.1, 0.15) is 22.3 Å². The smallest absolute Gasteiger partial charge is 0.343 e. The summed E-state index contributed by atoms with van der Waals surface area (Å²) in [5.74, 6) is -2.26. The van der Waals surface area contributed by atoms with E-state index >= 15 is 0 Å². The summed E-state index contributed by atoms with van der Waals surface area (Å²) in [5, 5.41) is 18.4. The molecule has 2 heterocycles. The number of nitrogens with zero attached hydrogens (tertiary/aromatic N) is 3. The van der Waals surface area contributed by atoms with Gasteiger partial charge in [-0.2, -0.15) is 0 Å². The molecule has 0 fully saturated rings. The van der Waals surface area contributed by atoms with Crippen molar-refractivity contribution < 1.29 is 23.1 Å². The third-order valence-corrected chi connectivity index (χ3v) is 8.05. The summed E-state index contributed by atoms with van der Waals surface area (Å²) in [7, 11) is 4.69. The summed E-state index contributed by atoms with van der Waals surface area (Å²) in [4.78, 5) is 47.1. The first-order valence-electron chi connectivity index (χ1n) is 13.5. The van der Waals surface area contributed by atoms with Crippen LogP contribution in [0.15, 0.2) is 64.2 Å². The molecule has 15 heteroatoms. The van der Waals surface area contributed by atoms with Gasteiger partial charge in [0.05, 0.1) is 25.6 Å². The number of urea groups is 1. The molecule has 12 nitrogen and oxygen atoms in total. The van der Waals surface area contributed by atoms with E-state index < -0.39 is 41.3 Å². The van der Waals surface area contributed by atoms with E-state index in [9.17, 15) is 23.2 Å². The number of thiophene rings is 1. The number of methoxy groups -OCH3 is 1. The Morgan fingerprint density at radius 3 is 2.40 bits per heavy atom. The maximum atomic E-state index is 14.8. The number of likely N-dealkylation sites (N-methyl/N-ethyl adjacent to an activating group) is 1. The molecular weight excluding hydrogens is 608 g/mol. The molecule has 0 spiro atoms. The molecule has 45 heavy (non-hydrogen) atoms. The number of benzene rings is 2. The van der Waals surface area contributed by atoms with Gasteiger partial charge in [0.2, 0.25) is 0 Å². The highest BCUT2D eigenvalue weighted by atomic mass is 32.1. The highest BCUT2D eigenvalue weighted by Gasteiger charge is 2.26. The van der Waals surface area contributed by atoms with Gasteiger partial charge in [0.15, 0.2) is 0 Å². The molecule has 2 aromatic heterocycles. The van der Waals surface area contributed by atoms with Gasteiger partial charge in [-0.05, 0) is 54.6 Å². The molecule has 0 saturated carbocycles. The SMILES string of the molecule is COCCN(C)Cc1c(-c2ccc(NC(=O)NOC)cc2)sc2c1c(=O)n(C(=N)/C=C\C=N)c(=O)n2Cc1c(F)cccc1F. The molecular formula is C30H31F2N7O5S. The fraction of sp³-hybridized carbons (Fsp3) is 0.233. The van der Waals surface area contributed by atoms with Crippen molar-refractivity contribution in [3.05, 3.63) is 98.2 Å². The van der Waals surface area contributed by atoms with Gasteiger partial charge in [0, 0.05) is 42.5 Å². The van der Waals surface area contributed by atoms with Crippen LogP contribution in [-0.4, -0.2) is 66.5 Å². The van der Waals surface area contributed by atoms with E-state index in [1.807, 2.05) is 11.9 Å². The molecule has 0 bridgehead atoms. The molecule has 2 aromatic carbocycles. The summed E-state index contributed by atoms with van der Waals surface area (Å²) in [6.07, 6.45) is 3.18. The number of hydrogen-bond acceptors (Lipinski definition) is 9. The fourth-order valence-electron chi connectivity index (χ4n) is 4.61. The molecule has 4 N–H and O–H groups in total. The highest BCUT2D eigenvalue weighted by Crippen LogP contribution is 2.38. The van der Waals surface area contributed by atoms with E-state index in [1.165, 1.54) is 19.3 Å². The minimum atomic E-state index is -0.967. The monoisotopic (exact) mass is 639 g/mol. The quantitative estimate of drug-likeness (QED) is 0.104. The molecule has 2 amide bonds. The predicted octanol–water partition coefficient (Wildman–Crippen LogP) is 4.01. The standard InChI is InChI=1S/C30H31F2N7O5S/c1-37(14-15-43-2)16-21-25-27(40)39(24(34)8-5-13-33)30(42)38(17-20-22(31)6-4-7-23(20)32)28(25)45-26(21)18-9-11-19(12-10-18)35-29(41)36-44-3/h4-13,33-34H,14-17H2,1-3H3,(H2,35,36,41)/b8-5-,33-13?,34-24?. The molecule has 4 aromatic rings. The predicted molar refractivity (Wildman–Crippen MR) is 170 cm³/mol. The number of hydrogen-bond donors (Lipinski definition) is 4. The van der Waals surface area contributed by atoms with Crippen LogP contribution >= 0.6 is 11.3 Å². The summed E-state index contributed by atoms with van der Waals surface area (Å²) >= 11 is 1.10. The lowest BCUT2D eigenvalue weighted by Gasteiger charge is -2.17. The summed E-state index contributed by atoms with van der Waals surface area (Å²) in [6, 6.07) is 9.50. The number of nitrogens with one attached hydrogen (secondary N) is 4. The molecule has 236 valence electrons. The van der Waals surface area contributed by atoms with Crippen molar-refractivity contribution in [2.75, 3.05) is 39.7 Å². The van der Waals surface area contributed by atoms with E-state index in [0.29, 0.717) is 39.4 Å². The zero-order chi connectivity index (χ0) is 32.7. The second-order valence-corrected chi connectivity index (χ2v) is 10.8. The van der Waals surface area contributed by atoms with Crippen LogP contribution in [0.4, 0.5) is 19.3 Å². The Labute approximate surface area is 260 Å². The lowest BCUT2D eigenvalue weighted by Crippen LogP contribution is -2.43. The molecule has 0 radical (unpaired) electrons. The van der Waals surface area contributed by atoms with Crippen molar-refractivity contribution in [1.82, 2.24) is 19.5 Å². The van der Waals surface area contributed by atoms with Crippen molar-refractivity contribution >= 4 is 45.3 Å². The topological polar surface area (TPSA) is 155 Å². The molecule has 4 rings (SSSR count). The zero-order valence-electron chi connectivity index (χ0n) is 24.6. The van der Waals surface area contributed by atoms with Crippen LogP contribution in [0.2, 0.25) is 0 Å². The molecule has 0 saturated heterocycles. The molecule has 0 atom stereocenters. The van der Waals surface area contributed by atoms with Crippen LogP contribution in [-0.2, 0) is 22.7 Å². The van der Waals surface area contributed by atoms with Gasteiger partial charge < -0.3 is 15.5 Å². The maximum Gasteiger partial charge on any atom is 0.343 e. The van der Waals surface area contributed by atoms with Gasteiger partial charge in [0.25, 0.3) is 5.56 Å². The summed E-state index contributed by atoms with van der Waals surface area (Å²) in [5.41, 5.74) is 1.64. The fourth-order valence-corrected chi connectivity index (χ4v) is 5.91. The Morgan fingerprint density at radius 1 is 1.09 bits per heavy atom. The molecule has 0 aliphatic carbocycles. The van der Waals surface area contributed by atoms with Gasteiger partial charge in [-0.15, -0.1) is 11.3 Å². The first-order valence-corrected chi connectivity index (χ1v) is 14.3. The number of amides is 2. The summed E-state index contributed by atoms with van der Waals surface area (Å²) in [6.45, 7) is 0.571. The Kier molecular flexibility index (Phi) is 10.9. The Hall–Kier alpha value is -4.83. The number of anilines is 1. The van der Waals surface area contributed by atoms with Crippen LogP contribution in [0.1, 0.15) is 11.1 Å². The number of carbonyl (C=O) groups is 1. The van der Waals surface area contributed by atoms with Crippen molar-refractivity contribution in [3.8, 4) is 10.4 Å². The largest absolute Gasteiger partial charge is 0.383 e. The van der Waals surface area contributed by atoms with Gasteiger partial charge in [-0.25, -0.2) is 28.4 Å². The van der Waals surface area contributed by atoms with Crippen LogP contribution < -0.4 is 22.0 Å². The lowest BCUT2D eigenvalue weighted by molar-refractivity contribution is 0.114. The van der Waals surface area contributed by atoms with E-state index in [1.54, 1.807) is 31.4 Å². The van der Waals surface area contributed by atoms with E-state index in [2.05, 4.69) is 15.6 Å². The van der Waals surface area contributed by atoms with Crippen LogP contribution in [0.25, 0.3) is 20.7 Å². The number of halogens is 2. The third kappa shape index (κ3) is 7.29. The molecule has 0 aliphatic heterocycles. The number of hydroxylamine groups is 1. The average molecular weight is 640 g/mol. The number of aromatic nitrogens is 2. The second kappa shape index (κ2) is 14.8. The highest BCUT2D eigenvalue weighted by molar-refractivity contribution is 7.22. The van der Waals surface area contributed by atoms with Crippen molar-refractivity contribution in [2.24, 2.45) is 0 Å². The van der Waals surface area contributed by atoms with E-state index in [-0.39, 0.29) is 22.3 Å². The van der Waals surface area contributed by atoms with Crippen LogP contribution in [0.5, 0.6) is 0 Å². The summed E-state index contributed by atoms with van der Waals surface area (Å²) < 4.78 is 36.6. The van der Waals surface area contributed by atoms with Crippen LogP contribution in [0.3, 0.4) is 0 Å². The number of carbonyl (C=O) groups excluding carboxylic acids is 1. The Bertz CT molecular complexity index is 1860. The van der Waals surface area contributed by atoms with Gasteiger partial charge in [-0.1, -0.05) is 18.2 Å². The van der Waals surface area contributed by atoms with Crippen molar-refractivity contribution in [2.45, 2.75) is 13.1 Å². The molecule has 0 aliphatic rings. The number of allylic oxidation sites excluding steroid dienone is 2. The van der Waals surface area contributed by atoms with Crippen molar-refractivity contribution in [1.29, 1.82) is 10.8 Å². The number of ether oxygens (including phenoxy) is 1. The van der Waals surface area contributed by atoms with Gasteiger partial charge in [-0.3, -0.25) is 24.5 Å². The van der Waals surface area contributed by atoms with Crippen molar-refractivity contribution in [3.63, 3.8) is 0 Å². The van der Waals surface area contributed by atoms with E-state index in [0.717, 1.165) is 40.3 Å². The minimum absolute atomic E-state index is 0.102. The second-order valence-electron chi connectivity index (χ2n) is 9.78. The molecule has 0 unspecified atom stereocenters. The van der Waals surface area contributed by atoms with Gasteiger partial charge >= 0.3 is 11.7 Å².